The lowest BCUT2D eigenvalue weighted by Gasteiger charge is -2.24. The summed E-state index contributed by atoms with van der Waals surface area (Å²) >= 11 is 0. The number of anilines is 1. The van der Waals surface area contributed by atoms with Crippen LogP contribution in [0.3, 0.4) is 0 Å². The molecule has 0 bridgehead atoms. The van der Waals surface area contributed by atoms with Crippen LogP contribution >= 0.6 is 0 Å². The molecule has 2 unspecified atom stereocenters. The van der Waals surface area contributed by atoms with Gasteiger partial charge in [-0.3, -0.25) is 4.57 Å². The molecule has 0 radical (unpaired) electrons. The number of rotatable bonds is 5. The predicted molar refractivity (Wildman–Crippen MR) is 104 cm³/mol. The zero-order valence-corrected chi connectivity index (χ0v) is 16.2. The van der Waals surface area contributed by atoms with Gasteiger partial charge < -0.3 is 24.6 Å². The Morgan fingerprint density at radius 2 is 1.90 bits per heavy atom. The minimum Gasteiger partial charge on any atom is -0.394 e. The Labute approximate surface area is 167 Å². The average molecular weight is 397 g/mol. The van der Waals surface area contributed by atoms with E-state index in [1.807, 2.05) is 48.7 Å². The van der Waals surface area contributed by atoms with E-state index in [1.165, 1.54) is 6.33 Å². The molecule has 0 saturated carbocycles. The largest absolute Gasteiger partial charge is 0.394 e. The number of nitrogens with zero attached hydrogens (tertiary/aromatic N) is 4. The van der Waals surface area contributed by atoms with Gasteiger partial charge in [0.15, 0.2) is 29.0 Å². The van der Waals surface area contributed by atoms with Gasteiger partial charge in [-0.25, -0.2) is 15.0 Å². The summed E-state index contributed by atoms with van der Waals surface area (Å²) in [5.41, 5.74) is 2.42. The topological polar surface area (TPSA) is 104 Å². The summed E-state index contributed by atoms with van der Waals surface area (Å²) in [5.74, 6) is -0.0896. The van der Waals surface area contributed by atoms with E-state index in [-0.39, 0.29) is 18.8 Å². The van der Waals surface area contributed by atoms with Gasteiger partial charge in [-0.05, 0) is 19.4 Å². The summed E-state index contributed by atoms with van der Waals surface area (Å²) in [6.45, 7) is 4.19. The summed E-state index contributed by atoms with van der Waals surface area (Å²) in [4.78, 5) is 13.3. The summed E-state index contributed by atoms with van der Waals surface area (Å²) in [7, 11) is 0. The first-order valence-electron chi connectivity index (χ1n) is 9.63. The summed E-state index contributed by atoms with van der Waals surface area (Å²) in [6, 6.07) is 10.1. The van der Waals surface area contributed by atoms with Crippen molar-refractivity contribution in [1.29, 1.82) is 0 Å². The van der Waals surface area contributed by atoms with Gasteiger partial charge in [-0.15, -0.1) is 0 Å². The molecule has 2 saturated heterocycles. The smallest absolute Gasteiger partial charge is 0.167 e. The number of ether oxygens (including phenoxy) is 3. The number of imidazole rings is 1. The van der Waals surface area contributed by atoms with Crippen molar-refractivity contribution in [1.82, 2.24) is 19.5 Å². The molecule has 2 aliphatic rings. The van der Waals surface area contributed by atoms with Crippen LogP contribution in [0.4, 0.5) is 5.82 Å². The van der Waals surface area contributed by atoms with Gasteiger partial charge in [0.05, 0.1) is 12.9 Å². The third kappa shape index (κ3) is 3.25. The first kappa shape index (κ1) is 18.4. The maximum Gasteiger partial charge on any atom is 0.167 e. The molecule has 9 nitrogen and oxygen atoms in total. The van der Waals surface area contributed by atoms with Crippen LogP contribution in [-0.2, 0) is 20.8 Å². The minimum absolute atomic E-state index is 0.150. The number of hydrogen-bond donors (Lipinski definition) is 2. The molecule has 0 amide bonds. The number of fused-ring (bicyclic) bond motifs is 2. The van der Waals surface area contributed by atoms with E-state index in [2.05, 4.69) is 20.3 Å². The van der Waals surface area contributed by atoms with Crippen LogP contribution in [-0.4, -0.2) is 55.3 Å². The highest BCUT2D eigenvalue weighted by Crippen LogP contribution is 2.43. The standard InChI is InChI=1S/C20H23N5O4/c1-20(2)28-15-13(9-26)27-19(16(15)29-20)25-11-24-14-17(22-10-23-18(14)25)21-8-12-6-4-3-5-7-12/h3-7,10-11,13,15-16,19,26H,8-9H2,1-2H3,(H,21,22,23)/t13-,15?,16?,19-/m1/s1. The molecule has 4 atom stereocenters. The maximum absolute atomic E-state index is 9.71. The fourth-order valence-corrected chi connectivity index (χ4v) is 3.98. The molecule has 9 heteroatoms. The summed E-state index contributed by atoms with van der Waals surface area (Å²) < 4.78 is 19.9. The maximum atomic E-state index is 9.71. The molecular weight excluding hydrogens is 374 g/mol. The van der Waals surface area contributed by atoms with Crippen molar-refractivity contribution < 1.29 is 19.3 Å². The molecule has 0 aliphatic carbocycles. The lowest BCUT2D eigenvalue weighted by atomic mass is 10.1. The molecule has 29 heavy (non-hydrogen) atoms. The van der Waals surface area contributed by atoms with Crippen LogP contribution in [0.25, 0.3) is 11.2 Å². The van der Waals surface area contributed by atoms with Crippen LogP contribution in [0.15, 0.2) is 43.0 Å². The van der Waals surface area contributed by atoms with Crippen LogP contribution in [0.5, 0.6) is 0 Å². The molecule has 2 aromatic heterocycles. The van der Waals surface area contributed by atoms with Crippen molar-refractivity contribution >= 4 is 17.0 Å². The van der Waals surface area contributed by atoms with Gasteiger partial charge >= 0.3 is 0 Å². The van der Waals surface area contributed by atoms with Gasteiger partial charge in [0.25, 0.3) is 0 Å². The van der Waals surface area contributed by atoms with E-state index in [9.17, 15) is 5.11 Å². The second-order valence-corrected chi connectivity index (χ2v) is 7.70. The van der Waals surface area contributed by atoms with Gasteiger partial charge in [0.1, 0.15) is 24.6 Å². The average Bonchev–Trinajstić information content (AvgIpc) is 3.37. The molecule has 2 fully saturated rings. The van der Waals surface area contributed by atoms with E-state index in [0.29, 0.717) is 23.5 Å². The van der Waals surface area contributed by atoms with Crippen molar-refractivity contribution in [3.05, 3.63) is 48.5 Å². The normalized spacial score (nSPS) is 28.0. The number of benzene rings is 1. The monoisotopic (exact) mass is 397 g/mol. The Hall–Kier alpha value is -2.59. The Bertz CT molecular complexity index is 1010. The van der Waals surface area contributed by atoms with E-state index in [4.69, 9.17) is 14.2 Å². The third-order valence-electron chi connectivity index (χ3n) is 5.24. The predicted octanol–water partition coefficient (Wildman–Crippen LogP) is 1.85. The minimum atomic E-state index is -0.738. The van der Waals surface area contributed by atoms with E-state index in [1.54, 1.807) is 6.33 Å². The quantitative estimate of drug-likeness (QED) is 0.672. The molecule has 3 aromatic rings. The van der Waals surface area contributed by atoms with Crippen LogP contribution in [0.2, 0.25) is 0 Å². The first-order chi connectivity index (χ1) is 14.1. The molecule has 2 N–H and O–H groups in total. The van der Waals surface area contributed by atoms with Crippen molar-refractivity contribution in [2.24, 2.45) is 0 Å². The second-order valence-electron chi connectivity index (χ2n) is 7.70. The Morgan fingerprint density at radius 1 is 1.10 bits per heavy atom. The van der Waals surface area contributed by atoms with Crippen molar-refractivity contribution in [3.8, 4) is 0 Å². The number of aliphatic hydroxyl groups is 1. The van der Waals surface area contributed by atoms with Crippen molar-refractivity contribution in [3.63, 3.8) is 0 Å². The number of nitrogens with one attached hydrogen (secondary N) is 1. The summed E-state index contributed by atoms with van der Waals surface area (Å²) in [6.07, 6.45) is 1.48. The van der Waals surface area contributed by atoms with Gasteiger partial charge in [-0.1, -0.05) is 30.3 Å². The third-order valence-corrected chi connectivity index (χ3v) is 5.24. The van der Waals surface area contributed by atoms with Gasteiger partial charge in [0, 0.05) is 6.54 Å². The number of hydrogen-bond acceptors (Lipinski definition) is 8. The van der Waals surface area contributed by atoms with E-state index in [0.717, 1.165) is 5.56 Å². The fraction of sp³-hybridized carbons (Fsp3) is 0.450. The van der Waals surface area contributed by atoms with Crippen LogP contribution in [0, 0.1) is 0 Å². The molecule has 2 aliphatic heterocycles. The van der Waals surface area contributed by atoms with Gasteiger partial charge in [-0.2, -0.15) is 0 Å². The Morgan fingerprint density at radius 3 is 2.69 bits per heavy atom. The van der Waals surface area contributed by atoms with Crippen LogP contribution in [0.1, 0.15) is 25.6 Å². The Balaban J connectivity index is 1.44. The molecule has 5 rings (SSSR count). The Kier molecular flexibility index (Phi) is 4.47. The zero-order chi connectivity index (χ0) is 20.0. The second kappa shape index (κ2) is 7.03. The fourth-order valence-electron chi connectivity index (χ4n) is 3.98. The first-order valence-corrected chi connectivity index (χ1v) is 9.63. The lowest BCUT2D eigenvalue weighted by Crippen LogP contribution is -2.31. The molecule has 152 valence electrons. The van der Waals surface area contributed by atoms with Crippen LogP contribution < -0.4 is 5.32 Å². The zero-order valence-electron chi connectivity index (χ0n) is 16.2. The van der Waals surface area contributed by atoms with E-state index >= 15 is 0 Å². The number of aromatic nitrogens is 4. The van der Waals surface area contributed by atoms with E-state index < -0.39 is 18.1 Å². The summed E-state index contributed by atoms with van der Waals surface area (Å²) in [5, 5.41) is 13.0. The molecule has 0 spiro atoms. The molecule has 4 heterocycles. The number of aliphatic hydroxyl groups excluding tert-OH is 1. The highest BCUT2D eigenvalue weighted by molar-refractivity contribution is 5.82. The molecule has 1 aromatic carbocycles. The molecular formula is C20H23N5O4. The lowest BCUT2D eigenvalue weighted by molar-refractivity contribution is -0.199. The SMILES string of the molecule is CC1(C)OC2C(O1)[C@@H](CO)O[C@H]2n1cnc2c(NCc3ccccc3)ncnc21. The van der Waals surface area contributed by atoms with Gasteiger partial charge in [0.2, 0.25) is 0 Å². The van der Waals surface area contributed by atoms with Crippen molar-refractivity contribution in [2.75, 3.05) is 11.9 Å². The highest BCUT2D eigenvalue weighted by atomic mass is 16.8. The van der Waals surface area contributed by atoms with Crippen molar-refractivity contribution in [2.45, 2.75) is 50.7 Å². The highest BCUT2D eigenvalue weighted by Gasteiger charge is 2.55.